The highest BCUT2D eigenvalue weighted by Gasteiger charge is 2.44. The van der Waals surface area contributed by atoms with Crippen LogP contribution in [0.5, 0.6) is 5.75 Å². The van der Waals surface area contributed by atoms with Gasteiger partial charge in [0.1, 0.15) is 18.3 Å². The van der Waals surface area contributed by atoms with Crippen molar-refractivity contribution in [2.45, 2.75) is 18.6 Å². The fourth-order valence-electron chi connectivity index (χ4n) is 3.08. The van der Waals surface area contributed by atoms with Crippen LogP contribution in [-0.2, 0) is 21.3 Å². The van der Waals surface area contributed by atoms with Crippen molar-refractivity contribution < 1.29 is 36.0 Å². The summed E-state index contributed by atoms with van der Waals surface area (Å²) in [6.07, 6.45) is 2.15. The lowest BCUT2D eigenvalue weighted by Crippen LogP contribution is -2.32. The minimum Gasteiger partial charge on any atom is -0.490 e. The Kier molecular flexibility index (Phi) is 5.78. The first kappa shape index (κ1) is 21.7. The number of ketones is 1. The summed E-state index contributed by atoms with van der Waals surface area (Å²) in [5, 5.41) is -4.46. The van der Waals surface area contributed by atoms with Gasteiger partial charge in [-0.3, -0.25) is 9.35 Å². The number of halogens is 2. The molecule has 30 heavy (non-hydrogen) atoms. The smallest absolute Gasteiger partial charge is 0.402 e. The molecule has 1 aliphatic rings. The third-order valence-electron chi connectivity index (χ3n) is 4.53. The van der Waals surface area contributed by atoms with Gasteiger partial charge in [-0.25, -0.2) is 0 Å². The lowest BCUT2D eigenvalue weighted by molar-refractivity contribution is 0.0110. The van der Waals surface area contributed by atoms with E-state index >= 15 is 0 Å². The highest BCUT2D eigenvalue weighted by atomic mass is 32.2. The van der Waals surface area contributed by atoms with Crippen LogP contribution in [0.3, 0.4) is 0 Å². The van der Waals surface area contributed by atoms with E-state index in [4.69, 9.17) is 9.29 Å². The van der Waals surface area contributed by atoms with Crippen LogP contribution < -0.4 is 4.74 Å². The first-order valence-corrected chi connectivity index (χ1v) is 10.2. The fraction of sp³-hybridized carbons (Fsp3) is 0.190. The predicted octanol–water partition coefficient (Wildman–Crippen LogP) is 4.36. The Hall–Kier alpha value is -3.04. The van der Waals surface area contributed by atoms with Crippen LogP contribution in [0.2, 0.25) is 0 Å². The molecule has 0 unspecified atom stereocenters. The number of hydrogen-bond donors (Lipinski definition) is 1. The molecule has 0 radical (unpaired) electrons. The zero-order valence-electron chi connectivity index (χ0n) is 15.9. The SMILES string of the molecule is C=C(C)C(=O)c1ccc2c(c1OC=COCC(F)(F)S(=O)(=O)O)Cc1ccccc1-2. The largest absolute Gasteiger partial charge is 0.490 e. The zero-order valence-corrected chi connectivity index (χ0v) is 16.7. The molecule has 0 atom stereocenters. The Morgan fingerprint density at radius 3 is 2.57 bits per heavy atom. The van der Waals surface area contributed by atoms with E-state index in [1.807, 2.05) is 30.3 Å². The van der Waals surface area contributed by atoms with E-state index in [0.29, 0.717) is 12.0 Å². The number of hydrogen-bond acceptors (Lipinski definition) is 5. The van der Waals surface area contributed by atoms with Crippen molar-refractivity contribution in [3.8, 4) is 16.9 Å². The van der Waals surface area contributed by atoms with Crippen molar-refractivity contribution in [1.29, 1.82) is 0 Å². The minimum atomic E-state index is -5.60. The monoisotopic (exact) mass is 436 g/mol. The molecule has 0 aromatic heterocycles. The number of carbonyl (C=O) groups is 1. The molecule has 0 heterocycles. The van der Waals surface area contributed by atoms with Crippen LogP contribution in [-0.4, -0.2) is 30.6 Å². The maximum absolute atomic E-state index is 13.2. The lowest BCUT2D eigenvalue weighted by Gasteiger charge is -2.14. The van der Waals surface area contributed by atoms with Gasteiger partial charge in [-0.1, -0.05) is 36.9 Å². The summed E-state index contributed by atoms with van der Waals surface area (Å²) in [4.78, 5) is 12.5. The van der Waals surface area contributed by atoms with Gasteiger partial charge >= 0.3 is 15.4 Å². The Morgan fingerprint density at radius 2 is 1.90 bits per heavy atom. The first-order chi connectivity index (χ1) is 14.0. The number of ether oxygens (including phenoxy) is 2. The van der Waals surface area contributed by atoms with Gasteiger partial charge in [0.25, 0.3) is 0 Å². The molecule has 3 rings (SSSR count). The van der Waals surface area contributed by atoms with Gasteiger partial charge in [0.15, 0.2) is 12.4 Å². The van der Waals surface area contributed by atoms with Crippen molar-refractivity contribution in [1.82, 2.24) is 0 Å². The summed E-state index contributed by atoms with van der Waals surface area (Å²) in [5.74, 6) is -0.103. The molecule has 0 saturated carbocycles. The summed E-state index contributed by atoms with van der Waals surface area (Å²) >= 11 is 0. The number of benzene rings is 2. The molecule has 0 bridgehead atoms. The van der Waals surface area contributed by atoms with Crippen LogP contribution in [0.15, 0.2) is 61.1 Å². The maximum Gasteiger partial charge on any atom is 0.402 e. The average Bonchev–Trinajstić information content (AvgIpc) is 3.05. The highest BCUT2D eigenvalue weighted by molar-refractivity contribution is 7.86. The molecule has 0 amide bonds. The topological polar surface area (TPSA) is 89.9 Å². The molecule has 0 fully saturated rings. The van der Waals surface area contributed by atoms with Gasteiger partial charge in [0, 0.05) is 12.0 Å². The van der Waals surface area contributed by atoms with Crippen molar-refractivity contribution in [3.63, 3.8) is 0 Å². The molecule has 2 aromatic carbocycles. The van der Waals surface area contributed by atoms with E-state index in [-0.39, 0.29) is 17.1 Å². The summed E-state index contributed by atoms with van der Waals surface area (Å²) < 4.78 is 66.0. The Bertz CT molecular complexity index is 1150. The number of allylic oxidation sites excluding steroid dienone is 1. The molecule has 2 aromatic rings. The second-order valence-electron chi connectivity index (χ2n) is 6.73. The van der Waals surface area contributed by atoms with Crippen molar-refractivity contribution >= 4 is 15.9 Å². The third-order valence-corrected chi connectivity index (χ3v) is 5.41. The van der Waals surface area contributed by atoms with Crippen molar-refractivity contribution in [2.24, 2.45) is 0 Å². The van der Waals surface area contributed by atoms with Crippen LogP contribution in [0, 0.1) is 0 Å². The summed E-state index contributed by atoms with van der Waals surface area (Å²) in [6, 6.07) is 11.1. The molecular weight excluding hydrogens is 418 g/mol. The molecule has 9 heteroatoms. The summed E-state index contributed by atoms with van der Waals surface area (Å²) in [6.45, 7) is 3.62. The summed E-state index contributed by atoms with van der Waals surface area (Å²) in [7, 11) is -5.60. The molecule has 0 saturated heterocycles. The molecule has 1 N–H and O–H groups in total. The van der Waals surface area contributed by atoms with Crippen LogP contribution in [0.25, 0.3) is 11.1 Å². The predicted molar refractivity (Wildman–Crippen MR) is 106 cm³/mol. The van der Waals surface area contributed by atoms with Gasteiger partial charge in [-0.05, 0) is 35.3 Å². The van der Waals surface area contributed by atoms with E-state index < -0.39 is 22.0 Å². The second kappa shape index (κ2) is 8.00. The number of fused-ring (bicyclic) bond motifs is 3. The van der Waals surface area contributed by atoms with Gasteiger partial charge in [-0.15, -0.1) is 0 Å². The summed E-state index contributed by atoms with van der Waals surface area (Å²) in [5.41, 5.74) is 4.22. The van der Waals surface area contributed by atoms with Crippen LogP contribution >= 0.6 is 0 Å². The molecule has 1 aliphatic carbocycles. The van der Waals surface area contributed by atoms with Crippen LogP contribution in [0.4, 0.5) is 8.78 Å². The fourth-order valence-corrected chi connectivity index (χ4v) is 3.30. The van der Waals surface area contributed by atoms with Crippen molar-refractivity contribution in [3.05, 3.63) is 77.8 Å². The standard InChI is InChI=1S/C21H18F2O6S/c1-13(2)19(24)17-8-7-16-15-6-4-3-5-14(15)11-18(16)20(17)29-10-9-28-12-21(22,23)30(25,26)27/h3-10H,1,11-12H2,2H3,(H,25,26,27). The van der Waals surface area contributed by atoms with E-state index in [2.05, 4.69) is 11.3 Å². The number of carbonyl (C=O) groups excluding carboxylic acids is 1. The van der Waals surface area contributed by atoms with Gasteiger partial charge < -0.3 is 9.47 Å². The number of rotatable bonds is 8. The molecular formula is C21H18F2O6S. The Balaban J connectivity index is 1.88. The average molecular weight is 436 g/mol. The minimum absolute atomic E-state index is 0.234. The van der Waals surface area contributed by atoms with Gasteiger partial charge in [0.2, 0.25) is 0 Å². The van der Waals surface area contributed by atoms with E-state index in [9.17, 15) is 22.0 Å². The first-order valence-electron chi connectivity index (χ1n) is 8.75. The Morgan fingerprint density at radius 1 is 1.20 bits per heavy atom. The lowest BCUT2D eigenvalue weighted by atomic mass is 9.97. The van der Waals surface area contributed by atoms with E-state index in [0.717, 1.165) is 34.8 Å². The van der Waals surface area contributed by atoms with Gasteiger partial charge in [-0.2, -0.15) is 17.2 Å². The molecule has 158 valence electrons. The Labute approximate surface area is 172 Å². The van der Waals surface area contributed by atoms with Crippen molar-refractivity contribution in [2.75, 3.05) is 6.61 Å². The van der Waals surface area contributed by atoms with E-state index in [1.54, 1.807) is 13.0 Å². The molecule has 6 nitrogen and oxygen atoms in total. The quantitative estimate of drug-likeness (QED) is 0.244. The van der Waals surface area contributed by atoms with Crippen LogP contribution in [0.1, 0.15) is 28.4 Å². The second-order valence-corrected chi connectivity index (χ2v) is 8.27. The normalized spacial score (nSPS) is 13.1. The molecule has 0 spiro atoms. The number of Topliss-reactive ketones (excluding diaryl/α,β-unsaturated/α-hetero) is 1. The highest BCUT2D eigenvalue weighted by Crippen LogP contribution is 2.43. The number of alkyl halides is 2. The maximum atomic E-state index is 13.2. The zero-order chi connectivity index (χ0) is 22.1. The van der Waals surface area contributed by atoms with Gasteiger partial charge in [0.05, 0.1) is 5.56 Å². The third kappa shape index (κ3) is 4.12. The molecule has 0 aliphatic heterocycles. The van der Waals surface area contributed by atoms with E-state index in [1.165, 1.54) is 0 Å².